The minimum atomic E-state index is -0.187. The number of piperidine rings is 1. The molecule has 1 unspecified atom stereocenters. The van der Waals surface area contributed by atoms with Crippen LogP contribution in [0.25, 0.3) is 0 Å². The van der Waals surface area contributed by atoms with Crippen LogP contribution in [-0.4, -0.2) is 97.3 Å². The van der Waals surface area contributed by atoms with Crippen molar-refractivity contribution in [1.82, 2.24) is 15.5 Å². The first-order valence-electron chi connectivity index (χ1n) is 12.9. The average Bonchev–Trinajstić information content (AvgIpc) is 3.36. The molecule has 0 saturated carbocycles. The first kappa shape index (κ1) is 30.2. The largest absolute Gasteiger partial charge is 0.493 e. The van der Waals surface area contributed by atoms with E-state index in [1.54, 1.807) is 12.1 Å². The molecule has 0 bridgehead atoms. The average molecular weight is 510 g/mol. The maximum Gasteiger partial charge on any atom is 0.243 e. The molecular formula is C27H44FN3O5. The zero-order chi connectivity index (χ0) is 26.0. The molecule has 1 aromatic carbocycles. The summed E-state index contributed by atoms with van der Waals surface area (Å²) < 4.78 is 35.4. The van der Waals surface area contributed by atoms with Crippen LogP contribution >= 0.6 is 0 Å². The van der Waals surface area contributed by atoms with E-state index in [9.17, 15) is 9.18 Å². The Morgan fingerprint density at radius 2 is 1.86 bits per heavy atom. The van der Waals surface area contributed by atoms with Crippen LogP contribution < -0.4 is 15.4 Å². The topological polar surface area (TPSA) is 81.3 Å². The van der Waals surface area contributed by atoms with Crippen LogP contribution in [0.4, 0.5) is 4.39 Å². The second-order valence-corrected chi connectivity index (χ2v) is 9.01. The van der Waals surface area contributed by atoms with E-state index in [2.05, 4.69) is 29.2 Å². The summed E-state index contributed by atoms with van der Waals surface area (Å²) in [5.41, 5.74) is 2.02. The molecule has 0 spiro atoms. The van der Waals surface area contributed by atoms with Gasteiger partial charge in [-0.15, -0.1) is 0 Å². The van der Waals surface area contributed by atoms with Gasteiger partial charge in [0.05, 0.1) is 46.2 Å². The fourth-order valence-electron chi connectivity index (χ4n) is 4.30. The third kappa shape index (κ3) is 11.8. The summed E-state index contributed by atoms with van der Waals surface area (Å²) in [6, 6.07) is 3.33. The van der Waals surface area contributed by atoms with Gasteiger partial charge in [0.1, 0.15) is 11.6 Å². The van der Waals surface area contributed by atoms with Crippen molar-refractivity contribution < 1.29 is 28.1 Å². The van der Waals surface area contributed by atoms with Crippen molar-refractivity contribution in [1.29, 1.82) is 0 Å². The van der Waals surface area contributed by atoms with Crippen molar-refractivity contribution in [3.63, 3.8) is 0 Å². The Morgan fingerprint density at radius 3 is 2.53 bits per heavy atom. The van der Waals surface area contributed by atoms with Gasteiger partial charge < -0.3 is 34.5 Å². The Kier molecular flexibility index (Phi) is 15.3. The predicted molar refractivity (Wildman–Crippen MR) is 139 cm³/mol. The van der Waals surface area contributed by atoms with Crippen LogP contribution in [0.15, 0.2) is 24.8 Å². The monoisotopic (exact) mass is 509 g/mol. The van der Waals surface area contributed by atoms with Crippen LogP contribution in [-0.2, 0) is 31.8 Å². The maximum absolute atomic E-state index is 14.0. The number of hydrogen-bond acceptors (Lipinski definition) is 7. The molecule has 9 heteroatoms. The molecule has 8 nitrogen and oxygen atoms in total. The lowest BCUT2D eigenvalue weighted by Gasteiger charge is -2.30. The van der Waals surface area contributed by atoms with Gasteiger partial charge in [-0.05, 0) is 69.6 Å². The summed E-state index contributed by atoms with van der Waals surface area (Å²) in [6.45, 7) is 11.0. The molecule has 204 valence electrons. The normalized spacial score (nSPS) is 17.0. The van der Waals surface area contributed by atoms with E-state index in [-0.39, 0.29) is 11.7 Å². The van der Waals surface area contributed by atoms with E-state index in [4.69, 9.17) is 18.9 Å². The van der Waals surface area contributed by atoms with E-state index >= 15 is 0 Å². The quantitative estimate of drug-likeness (QED) is 0.277. The van der Waals surface area contributed by atoms with Gasteiger partial charge in [0.2, 0.25) is 5.91 Å². The molecule has 1 fully saturated rings. The number of ether oxygens (including phenoxy) is 4. The Labute approximate surface area is 215 Å². The summed E-state index contributed by atoms with van der Waals surface area (Å²) in [7, 11) is 4.04. The van der Waals surface area contributed by atoms with Crippen molar-refractivity contribution in [3.05, 3.63) is 41.7 Å². The van der Waals surface area contributed by atoms with Crippen LogP contribution in [0.3, 0.4) is 0 Å². The number of carbonyl (C=O) groups excluding carboxylic acids is 1. The summed E-state index contributed by atoms with van der Waals surface area (Å²) in [5.74, 6) is 1.25. The van der Waals surface area contributed by atoms with Crippen LogP contribution in [0.1, 0.15) is 24.0 Å². The van der Waals surface area contributed by atoms with Crippen LogP contribution in [0.5, 0.6) is 5.75 Å². The Balaban J connectivity index is 0.000000254. The fraction of sp³-hybridized carbons (Fsp3) is 0.667. The van der Waals surface area contributed by atoms with Crippen molar-refractivity contribution in [2.75, 3.05) is 86.5 Å². The number of likely N-dealkylation sites (tertiary alicyclic amines) is 1. The number of halogens is 1. The number of benzene rings is 1. The fourth-order valence-corrected chi connectivity index (χ4v) is 4.30. The van der Waals surface area contributed by atoms with Gasteiger partial charge in [0, 0.05) is 31.6 Å². The van der Waals surface area contributed by atoms with Gasteiger partial charge >= 0.3 is 0 Å². The number of fused-ring (bicyclic) bond motifs is 1. The van der Waals surface area contributed by atoms with Crippen molar-refractivity contribution in [2.24, 2.45) is 5.92 Å². The van der Waals surface area contributed by atoms with Gasteiger partial charge in [0.15, 0.2) is 0 Å². The highest BCUT2D eigenvalue weighted by Gasteiger charge is 2.24. The van der Waals surface area contributed by atoms with Crippen molar-refractivity contribution >= 4 is 5.91 Å². The smallest absolute Gasteiger partial charge is 0.243 e. The highest BCUT2D eigenvalue weighted by molar-refractivity contribution is 5.86. The zero-order valence-corrected chi connectivity index (χ0v) is 22.0. The number of nitrogens with zero attached hydrogens (tertiary/aromatic N) is 1. The number of likely N-dealkylation sites (N-methyl/N-ethyl adjacent to an activating group) is 1. The second kappa shape index (κ2) is 18.2. The van der Waals surface area contributed by atoms with E-state index in [0.29, 0.717) is 58.7 Å². The maximum atomic E-state index is 14.0. The summed E-state index contributed by atoms with van der Waals surface area (Å²) in [5, 5.41) is 5.60. The van der Waals surface area contributed by atoms with E-state index in [0.717, 1.165) is 42.8 Å². The molecule has 3 rings (SSSR count). The number of hydrogen-bond donors (Lipinski definition) is 2. The molecule has 1 aromatic rings. The predicted octanol–water partition coefficient (Wildman–Crippen LogP) is 2.20. The lowest BCUT2D eigenvalue weighted by atomic mass is 9.89. The Bertz CT molecular complexity index is 780. The summed E-state index contributed by atoms with van der Waals surface area (Å²) in [4.78, 5) is 13.1. The third-order valence-electron chi connectivity index (χ3n) is 6.13. The third-order valence-corrected chi connectivity index (χ3v) is 6.13. The highest BCUT2D eigenvalue weighted by atomic mass is 19.1. The molecule has 1 atom stereocenters. The molecule has 2 aliphatic heterocycles. The molecule has 36 heavy (non-hydrogen) atoms. The lowest BCUT2D eigenvalue weighted by molar-refractivity contribution is -0.116. The summed E-state index contributed by atoms with van der Waals surface area (Å²) >= 11 is 0. The van der Waals surface area contributed by atoms with E-state index in [1.807, 2.05) is 7.05 Å². The lowest BCUT2D eigenvalue weighted by Crippen LogP contribution is -2.33. The standard InChI is InChI=1S/C15H20FNO.C12H24N2O4/c1-17-7-2-3-11(10-17)9-13-12-6-8-18-15(12)5-4-14(13)16;1-3-12(15)14-5-7-17-9-11-18-10-8-16-6-4-13-2/h4-5,11H,2-3,6-10H2,1H3;3,13H,1,4-11H2,2H3,(H,14,15). The van der Waals surface area contributed by atoms with E-state index in [1.165, 1.54) is 25.5 Å². The molecule has 0 aliphatic carbocycles. The molecule has 2 aliphatic rings. The molecule has 1 amide bonds. The molecular weight excluding hydrogens is 465 g/mol. The highest BCUT2D eigenvalue weighted by Crippen LogP contribution is 2.33. The van der Waals surface area contributed by atoms with Gasteiger partial charge in [0.25, 0.3) is 0 Å². The number of rotatable bonds is 15. The number of carbonyl (C=O) groups is 1. The van der Waals surface area contributed by atoms with Gasteiger partial charge in [-0.25, -0.2) is 4.39 Å². The van der Waals surface area contributed by atoms with Crippen LogP contribution in [0.2, 0.25) is 0 Å². The molecule has 0 aromatic heterocycles. The molecule has 2 N–H and O–H groups in total. The van der Waals surface area contributed by atoms with E-state index < -0.39 is 0 Å². The van der Waals surface area contributed by atoms with Crippen molar-refractivity contribution in [3.8, 4) is 5.75 Å². The number of amides is 1. The van der Waals surface area contributed by atoms with Gasteiger partial charge in [-0.3, -0.25) is 4.79 Å². The van der Waals surface area contributed by atoms with Gasteiger partial charge in [-0.1, -0.05) is 6.58 Å². The molecule has 0 radical (unpaired) electrons. The Hall–Kier alpha value is -2.04. The first-order chi connectivity index (χ1) is 17.5. The molecule has 1 saturated heterocycles. The Morgan fingerprint density at radius 1 is 1.17 bits per heavy atom. The zero-order valence-electron chi connectivity index (χ0n) is 22.0. The first-order valence-corrected chi connectivity index (χ1v) is 12.9. The van der Waals surface area contributed by atoms with Crippen LogP contribution in [0, 0.1) is 11.7 Å². The van der Waals surface area contributed by atoms with Gasteiger partial charge in [-0.2, -0.15) is 0 Å². The SMILES string of the molecule is C=CC(=O)NCCOCCOCCOCCNC.CN1CCCC(Cc2c(F)ccc3c2CCO3)C1. The van der Waals surface area contributed by atoms with Crippen molar-refractivity contribution in [2.45, 2.75) is 25.7 Å². The minimum Gasteiger partial charge on any atom is -0.493 e. The number of nitrogens with one attached hydrogen (secondary N) is 2. The second-order valence-electron chi connectivity index (χ2n) is 9.01. The summed E-state index contributed by atoms with van der Waals surface area (Å²) in [6.07, 6.45) is 5.41. The molecule has 2 heterocycles. The minimum absolute atomic E-state index is 0.0486.